The fourth-order valence-electron chi connectivity index (χ4n) is 3.21. The predicted octanol–water partition coefficient (Wildman–Crippen LogP) is 2.31. The molecular formula is C18H23N3O4S. The Kier molecular flexibility index (Phi) is 5.73. The average molecular weight is 377 g/mol. The van der Waals surface area contributed by atoms with Crippen LogP contribution >= 0.6 is 11.3 Å². The van der Waals surface area contributed by atoms with Crippen LogP contribution in [0.3, 0.4) is 0 Å². The van der Waals surface area contributed by atoms with Gasteiger partial charge in [0.1, 0.15) is 5.76 Å². The van der Waals surface area contributed by atoms with Gasteiger partial charge in [-0.15, -0.1) is 0 Å². The zero-order chi connectivity index (χ0) is 18.7. The van der Waals surface area contributed by atoms with Crippen LogP contribution in [0.2, 0.25) is 0 Å². The van der Waals surface area contributed by atoms with Gasteiger partial charge in [0.25, 0.3) is 0 Å². The molecule has 0 unspecified atom stereocenters. The Hall–Kier alpha value is -2.19. The maximum Gasteiger partial charge on any atom is 0.317 e. The predicted molar refractivity (Wildman–Crippen MR) is 98.1 cm³/mol. The molecule has 1 fully saturated rings. The Morgan fingerprint density at radius 1 is 1.46 bits per heavy atom. The normalized spacial score (nSPS) is 19.3. The van der Waals surface area contributed by atoms with Crippen molar-refractivity contribution >= 4 is 23.2 Å². The molecule has 0 aliphatic heterocycles. The van der Waals surface area contributed by atoms with Crippen molar-refractivity contribution in [2.45, 2.75) is 45.2 Å². The van der Waals surface area contributed by atoms with Crippen LogP contribution in [-0.4, -0.2) is 52.0 Å². The monoisotopic (exact) mass is 377 g/mol. The summed E-state index contributed by atoms with van der Waals surface area (Å²) < 4.78 is 5.66. The van der Waals surface area contributed by atoms with Crippen LogP contribution in [0.1, 0.15) is 31.2 Å². The van der Waals surface area contributed by atoms with Gasteiger partial charge in [-0.1, -0.05) is 6.92 Å². The summed E-state index contributed by atoms with van der Waals surface area (Å²) in [5.41, 5.74) is 1.57. The maximum absolute atomic E-state index is 12.3. The molecule has 140 valence electrons. The summed E-state index contributed by atoms with van der Waals surface area (Å²) in [6.07, 6.45) is 1.75. The van der Waals surface area contributed by atoms with Gasteiger partial charge in [-0.25, -0.2) is 4.98 Å². The van der Waals surface area contributed by atoms with Gasteiger partial charge in [-0.3, -0.25) is 14.5 Å². The Morgan fingerprint density at radius 2 is 2.23 bits per heavy atom. The second-order valence-corrected chi connectivity index (χ2v) is 7.34. The topological polar surface area (TPSA) is 95.7 Å². The smallest absolute Gasteiger partial charge is 0.317 e. The van der Waals surface area contributed by atoms with E-state index >= 15 is 0 Å². The number of oxazole rings is 1. The molecule has 1 saturated carbocycles. The minimum Gasteiger partial charge on any atom is -0.480 e. The van der Waals surface area contributed by atoms with Crippen LogP contribution in [0.5, 0.6) is 0 Å². The zero-order valence-electron chi connectivity index (χ0n) is 14.9. The molecule has 0 radical (unpaired) electrons. The van der Waals surface area contributed by atoms with E-state index in [4.69, 9.17) is 9.52 Å². The quantitative estimate of drug-likeness (QED) is 0.733. The second kappa shape index (κ2) is 8.01. The first-order chi connectivity index (χ1) is 12.5. The molecular weight excluding hydrogens is 354 g/mol. The molecule has 1 aliphatic carbocycles. The molecule has 0 saturated heterocycles. The van der Waals surface area contributed by atoms with Gasteiger partial charge in [-0.2, -0.15) is 11.3 Å². The molecule has 0 spiro atoms. The molecule has 0 atom stereocenters. The Labute approximate surface area is 156 Å². The van der Waals surface area contributed by atoms with Crippen LogP contribution in [0.25, 0.3) is 11.5 Å². The lowest BCUT2D eigenvalue weighted by molar-refractivity contribution is -0.139. The number of carbonyl (C=O) groups excluding carboxylic acids is 1. The number of aryl methyl sites for hydroxylation is 1. The molecule has 7 nitrogen and oxygen atoms in total. The first kappa shape index (κ1) is 18.6. The Morgan fingerprint density at radius 3 is 2.85 bits per heavy atom. The van der Waals surface area contributed by atoms with Crippen LogP contribution in [0.4, 0.5) is 0 Å². The summed E-state index contributed by atoms with van der Waals surface area (Å²) in [5, 5.41) is 15.8. The third-order valence-corrected chi connectivity index (χ3v) is 5.41. The lowest BCUT2D eigenvalue weighted by atomic mass is 9.85. The third-order valence-electron chi connectivity index (χ3n) is 4.73. The first-order valence-electron chi connectivity index (χ1n) is 8.70. The van der Waals surface area contributed by atoms with Gasteiger partial charge in [0.05, 0.1) is 18.7 Å². The van der Waals surface area contributed by atoms with E-state index < -0.39 is 5.97 Å². The molecule has 2 aromatic heterocycles. The Bertz CT molecular complexity index is 766. The van der Waals surface area contributed by atoms with E-state index in [1.165, 1.54) is 0 Å². The second-order valence-electron chi connectivity index (χ2n) is 6.56. The Balaban J connectivity index is 1.49. The van der Waals surface area contributed by atoms with E-state index in [0.717, 1.165) is 18.4 Å². The molecule has 2 N–H and O–H groups in total. The molecule has 8 heteroatoms. The molecule has 0 aromatic carbocycles. The van der Waals surface area contributed by atoms with Crippen LogP contribution in [-0.2, 0) is 16.0 Å². The summed E-state index contributed by atoms with van der Waals surface area (Å²) >= 11 is 1.57. The van der Waals surface area contributed by atoms with E-state index in [2.05, 4.69) is 10.3 Å². The van der Waals surface area contributed by atoms with Gasteiger partial charge >= 0.3 is 5.97 Å². The highest BCUT2D eigenvalue weighted by molar-refractivity contribution is 7.08. The SMILES string of the molecule is CCN(CC(=O)O)C1CC(NC(=O)Cc2nc(-c3ccsc3)oc2C)C1. The molecule has 3 rings (SSSR count). The van der Waals surface area contributed by atoms with Crippen molar-refractivity contribution in [3.05, 3.63) is 28.3 Å². The number of carboxylic acids is 1. The van der Waals surface area contributed by atoms with E-state index in [-0.39, 0.29) is 31.0 Å². The number of nitrogens with zero attached hydrogens (tertiary/aromatic N) is 2. The molecule has 1 aliphatic rings. The molecule has 2 aromatic rings. The van der Waals surface area contributed by atoms with Crippen molar-refractivity contribution in [3.63, 3.8) is 0 Å². The van der Waals surface area contributed by atoms with Crippen molar-refractivity contribution in [1.82, 2.24) is 15.2 Å². The van der Waals surface area contributed by atoms with Crippen LogP contribution in [0.15, 0.2) is 21.2 Å². The number of nitrogens with one attached hydrogen (secondary N) is 1. The summed E-state index contributed by atoms with van der Waals surface area (Å²) in [7, 11) is 0. The van der Waals surface area contributed by atoms with E-state index in [0.29, 0.717) is 23.9 Å². The number of amides is 1. The lowest BCUT2D eigenvalue weighted by Crippen LogP contribution is -2.55. The van der Waals surface area contributed by atoms with Crippen molar-refractivity contribution in [2.24, 2.45) is 0 Å². The van der Waals surface area contributed by atoms with Crippen molar-refractivity contribution in [3.8, 4) is 11.5 Å². The number of hydrogen-bond acceptors (Lipinski definition) is 6. The summed E-state index contributed by atoms with van der Waals surface area (Å²) in [4.78, 5) is 29.5. The first-order valence-corrected chi connectivity index (χ1v) is 9.64. The van der Waals surface area contributed by atoms with Crippen molar-refractivity contribution < 1.29 is 19.1 Å². The van der Waals surface area contributed by atoms with Gasteiger partial charge in [0, 0.05) is 23.0 Å². The van der Waals surface area contributed by atoms with Crippen molar-refractivity contribution in [1.29, 1.82) is 0 Å². The maximum atomic E-state index is 12.3. The van der Waals surface area contributed by atoms with Crippen LogP contribution < -0.4 is 5.32 Å². The number of likely N-dealkylation sites (N-methyl/N-ethyl adjacent to an activating group) is 1. The number of hydrogen-bond donors (Lipinski definition) is 2. The number of rotatable bonds is 8. The van der Waals surface area contributed by atoms with E-state index in [9.17, 15) is 9.59 Å². The molecule has 2 heterocycles. The molecule has 26 heavy (non-hydrogen) atoms. The minimum absolute atomic E-state index is 0.0470. The zero-order valence-corrected chi connectivity index (χ0v) is 15.7. The fraction of sp³-hybridized carbons (Fsp3) is 0.500. The van der Waals surface area contributed by atoms with Crippen LogP contribution in [0, 0.1) is 6.92 Å². The number of thiophene rings is 1. The highest BCUT2D eigenvalue weighted by Crippen LogP contribution is 2.26. The number of aromatic nitrogens is 1. The van der Waals surface area contributed by atoms with E-state index in [1.807, 2.05) is 35.6 Å². The highest BCUT2D eigenvalue weighted by Gasteiger charge is 2.34. The summed E-state index contributed by atoms with van der Waals surface area (Å²) in [5.74, 6) is 0.305. The largest absolute Gasteiger partial charge is 0.480 e. The summed E-state index contributed by atoms with van der Waals surface area (Å²) in [6.45, 7) is 4.51. The van der Waals surface area contributed by atoms with Gasteiger partial charge < -0.3 is 14.8 Å². The fourth-order valence-corrected chi connectivity index (χ4v) is 3.84. The van der Waals surface area contributed by atoms with Gasteiger partial charge in [0.2, 0.25) is 11.8 Å². The standard InChI is InChI=1S/C18H23N3O4S/c1-3-21(9-17(23)24)14-6-13(7-14)19-16(22)8-15-11(2)25-18(20-15)12-4-5-26-10-12/h4-5,10,13-14H,3,6-9H2,1-2H3,(H,19,22)(H,23,24). The van der Waals surface area contributed by atoms with E-state index in [1.54, 1.807) is 11.3 Å². The average Bonchev–Trinajstić information content (AvgIpc) is 3.19. The lowest BCUT2D eigenvalue weighted by Gasteiger charge is -2.42. The van der Waals surface area contributed by atoms with Gasteiger partial charge in [-0.05, 0) is 37.8 Å². The minimum atomic E-state index is -0.817. The number of carboxylic acid groups (broad SMARTS) is 1. The molecule has 0 bridgehead atoms. The van der Waals surface area contributed by atoms with Crippen molar-refractivity contribution in [2.75, 3.05) is 13.1 Å². The highest BCUT2D eigenvalue weighted by atomic mass is 32.1. The molecule has 1 amide bonds. The number of aliphatic carboxylic acids is 1. The third kappa shape index (κ3) is 4.31. The summed E-state index contributed by atoms with van der Waals surface area (Å²) in [6, 6.07) is 2.25. The van der Waals surface area contributed by atoms with Gasteiger partial charge in [0.15, 0.2) is 0 Å². The number of carbonyl (C=O) groups is 2.